The van der Waals surface area contributed by atoms with Gasteiger partial charge in [0.05, 0.1) is 18.1 Å². The highest BCUT2D eigenvalue weighted by Gasteiger charge is 2.26. The number of nitrogens with zero attached hydrogens (tertiary/aromatic N) is 4. The van der Waals surface area contributed by atoms with E-state index < -0.39 is 10.0 Å². The monoisotopic (exact) mass is 492 g/mol. The second kappa shape index (κ2) is 10.4. The minimum Gasteiger partial charge on any atom is -0.379 e. The van der Waals surface area contributed by atoms with Gasteiger partial charge in [-0.15, -0.1) is 10.2 Å². The number of hydrogen-bond donors (Lipinski definition) is 0. The average Bonchev–Trinajstić information content (AvgIpc) is 3.22. The first-order valence-electron chi connectivity index (χ1n) is 10.5. The zero-order chi connectivity index (χ0) is 22.6. The highest BCUT2D eigenvalue weighted by atomic mass is 35.5. The molecular weight excluding hydrogens is 468 g/mol. The van der Waals surface area contributed by atoms with Gasteiger partial charge in [0.2, 0.25) is 10.0 Å². The molecule has 0 saturated carbocycles. The van der Waals surface area contributed by atoms with Crippen molar-refractivity contribution in [2.45, 2.75) is 35.7 Å². The van der Waals surface area contributed by atoms with Gasteiger partial charge in [-0.2, -0.15) is 4.31 Å². The van der Waals surface area contributed by atoms with Crippen LogP contribution < -0.4 is 0 Å². The zero-order valence-corrected chi connectivity index (χ0v) is 20.2. The molecule has 0 bridgehead atoms. The number of rotatable bonds is 8. The molecule has 170 valence electrons. The van der Waals surface area contributed by atoms with Crippen LogP contribution in [0.25, 0.3) is 11.4 Å². The van der Waals surface area contributed by atoms with E-state index in [0.29, 0.717) is 42.0 Å². The molecule has 3 aromatic rings. The summed E-state index contributed by atoms with van der Waals surface area (Å²) in [5, 5.41) is 10.3. The van der Waals surface area contributed by atoms with Crippen LogP contribution in [-0.4, -0.2) is 53.8 Å². The van der Waals surface area contributed by atoms with Crippen LogP contribution in [0, 0.1) is 0 Å². The Morgan fingerprint density at radius 1 is 1.09 bits per heavy atom. The number of sulfonamides is 1. The second-order valence-corrected chi connectivity index (χ2v) is 10.7. The molecule has 1 fully saturated rings. The second-order valence-electron chi connectivity index (χ2n) is 7.42. The summed E-state index contributed by atoms with van der Waals surface area (Å²) in [5.41, 5.74) is 1.88. The Labute approximate surface area is 197 Å². The van der Waals surface area contributed by atoms with E-state index in [1.807, 2.05) is 30.3 Å². The lowest BCUT2D eigenvalue weighted by atomic mass is 10.2. The molecule has 2 aromatic carbocycles. The van der Waals surface area contributed by atoms with Crippen LogP contribution in [0.3, 0.4) is 0 Å². The van der Waals surface area contributed by atoms with E-state index in [-0.39, 0.29) is 0 Å². The molecule has 1 saturated heterocycles. The lowest BCUT2D eigenvalue weighted by molar-refractivity contribution is 0.0730. The van der Waals surface area contributed by atoms with Crippen LogP contribution in [0.15, 0.2) is 58.6 Å². The molecule has 0 spiro atoms. The third kappa shape index (κ3) is 5.18. The first-order valence-corrected chi connectivity index (χ1v) is 13.3. The van der Waals surface area contributed by atoms with Gasteiger partial charge in [0.15, 0.2) is 11.0 Å². The van der Waals surface area contributed by atoms with E-state index in [1.54, 1.807) is 30.0 Å². The molecule has 4 rings (SSSR count). The maximum absolute atomic E-state index is 13.0. The van der Waals surface area contributed by atoms with Gasteiger partial charge in [-0.1, -0.05) is 42.4 Å². The third-order valence-electron chi connectivity index (χ3n) is 5.14. The van der Waals surface area contributed by atoms with Crippen molar-refractivity contribution in [2.75, 3.05) is 26.3 Å². The summed E-state index contributed by atoms with van der Waals surface area (Å²) in [6, 6.07) is 14.7. The van der Waals surface area contributed by atoms with E-state index in [2.05, 4.69) is 21.7 Å². The molecule has 32 heavy (non-hydrogen) atoms. The maximum atomic E-state index is 13.0. The number of morpholine rings is 1. The predicted molar refractivity (Wildman–Crippen MR) is 126 cm³/mol. The van der Waals surface area contributed by atoms with Gasteiger partial charge in [-0.3, -0.25) is 0 Å². The minimum absolute atomic E-state index is 0.314. The number of ether oxygens (including phenoxy) is 1. The largest absolute Gasteiger partial charge is 0.379 e. The molecular formula is C22H25ClN4O3S2. The molecule has 0 radical (unpaired) electrons. The van der Waals surface area contributed by atoms with E-state index in [4.69, 9.17) is 16.3 Å². The van der Waals surface area contributed by atoms with Gasteiger partial charge in [0.25, 0.3) is 0 Å². The van der Waals surface area contributed by atoms with Crippen molar-refractivity contribution in [3.63, 3.8) is 0 Å². The number of aromatic nitrogens is 3. The lowest BCUT2D eigenvalue weighted by Gasteiger charge is -2.26. The Hall–Kier alpha value is -1.91. The van der Waals surface area contributed by atoms with E-state index in [0.717, 1.165) is 35.1 Å². The molecule has 2 heterocycles. The molecule has 7 nitrogen and oxygen atoms in total. The molecule has 0 amide bonds. The van der Waals surface area contributed by atoms with Crippen molar-refractivity contribution >= 4 is 33.4 Å². The normalized spacial score (nSPS) is 15.2. The Kier molecular flexibility index (Phi) is 7.52. The Morgan fingerprint density at radius 2 is 1.84 bits per heavy atom. The van der Waals surface area contributed by atoms with Crippen molar-refractivity contribution < 1.29 is 13.2 Å². The van der Waals surface area contributed by atoms with Crippen LogP contribution in [0.2, 0.25) is 5.02 Å². The van der Waals surface area contributed by atoms with Crippen LogP contribution in [0.4, 0.5) is 0 Å². The summed E-state index contributed by atoms with van der Waals surface area (Å²) in [7, 11) is -3.52. The predicted octanol–water partition coefficient (Wildman–Crippen LogP) is 4.32. The topological polar surface area (TPSA) is 77.3 Å². The first-order chi connectivity index (χ1) is 15.5. The number of hydrogen-bond acceptors (Lipinski definition) is 6. The zero-order valence-electron chi connectivity index (χ0n) is 17.8. The quantitative estimate of drug-likeness (QED) is 0.436. The molecule has 0 unspecified atom stereocenters. The van der Waals surface area contributed by atoms with Crippen LogP contribution in [0.5, 0.6) is 0 Å². The van der Waals surface area contributed by atoms with Gasteiger partial charge < -0.3 is 9.30 Å². The fourth-order valence-electron chi connectivity index (χ4n) is 3.51. The van der Waals surface area contributed by atoms with E-state index >= 15 is 0 Å². The number of benzene rings is 2. The van der Waals surface area contributed by atoms with Gasteiger partial charge in [-0.05, 0) is 48.4 Å². The summed E-state index contributed by atoms with van der Waals surface area (Å²) in [6.45, 7) is 4.53. The molecule has 0 aliphatic carbocycles. The van der Waals surface area contributed by atoms with Crippen molar-refractivity contribution in [1.82, 2.24) is 19.1 Å². The van der Waals surface area contributed by atoms with Crippen molar-refractivity contribution in [1.29, 1.82) is 0 Å². The third-order valence-corrected chi connectivity index (χ3v) is 8.33. The standard InChI is InChI=1S/C22H25ClN4O3S2/c1-2-10-27-21(18-6-8-19(23)9-7-18)24-25-22(27)31-16-17-4-3-5-20(15-17)32(28,29)26-11-13-30-14-12-26/h3-9,15H,2,10-14,16H2,1H3. The SMILES string of the molecule is CCCn1c(SCc2cccc(S(=O)(=O)N3CCOCC3)c2)nnc1-c1ccc(Cl)cc1. The summed E-state index contributed by atoms with van der Waals surface area (Å²) in [6.07, 6.45) is 0.944. The van der Waals surface area contributed by atoms with Gasteiger partial charge in [0.1, 0.15) is 0 Å². The summed E-state index contributed by atoms with van der Waals surface area (Å²) in [5.74, 6) is 1.39. The molecule has 0 N–H and O–H groups in total. The van der Waals surface area contributed by atoms with Crippen LogP contribution in [0.1, 0.15) is 18.9 Å². The Balaban J connectivity index is 1.53. The molecule has 1 aliphatic rings. The first kappa shape index (κ1) is 23.3. The fourth-order valence-corrected chi connectivity index (χ4v) is 6.03. The lowest BCUT2D eigenvalue weighted by Crippen LogP contribution is -2.40. The summed E-state index contributed by atoms with van der Waals surface area (Å²) >= 11 is 7.57. The van der Waals surface area contributed by atoms with Crippen LogP contribution >= 0.6 is 23.4 Å². The molecule has 1 aromatic heterocycles. The number of halogens is 1. The van der Waals surface area contributed by atoms with Crippen LogP contribution in [-0.2, 0) is 27.1 Å². The van der Waals surface area contributed by atoms with E-state index in [9.17, 15) is 8.42 Å². The fraction of sp³-hybridized carbons (Fsp3) is 0.364. The Bertz CT molecular complexity index is 1160. The molecule has 10 heteroatoms. The maximum Gasteiger partial charge on any atom is 0.243 e. The average molecular weight is 493 g/mol. The van der Waals surface area contributed by atoms with E-state index in [1.165, 1.54) is 4.31 Å². The smallest absolute Gasteiger partial charge is 0.243 e. The van der Waals surface area contributed by atoms with Gasteiger partial charge in [0, 0.05) is 36.0 Å². The Morgan fingerprint density at radius 3 is 2.56 bits per heavy atom. The van der Waals surface area contributed by atoms with Crippen molar-refractivity contribution in [3.8, 4) is 11.4 Å². The highest BCUT2D eigenvalue weighted by Crippen LogP contribution is 2.28. The van der Waals surface area contributed by atoms with Crippen molar-refractivity contribution in [3.05, 3.63) is 59.1 Å². The van der Waals surface area contributed by atoms with Gasteiger partial charge >= 0.3 is 0 Å². The van der Waals surface area contributed by atoms with Crippen molar-refractivity contribution in [2.24, 2.45) is 0 Å². The summed E-state index contributed by atoms with van der Waals surface area (Å²) in [4.78, 5) is 0.314. The summed E-state index contributed by atoms with van der Waals surface area (Å²) < 4.78 is 34.8. The highest BCUT2D eigenvalue weighted by molar-refractivity contribution is 7.98. The van der Waals surface area contributed by atoms with Gasteiger partial charge in [-0.25, -0.2) is 8.42 Å². The molecule has 0 atom stereocenters. The number of thioether (sulfide) groups is 1. The minimum atomic E-state index is -3.52. The molecule has 1 aliphatic heterocycles.